The molecule has 3 atom stereocenters. The number of benzene rings is 2. The van der Waals surface area contributed by atoms with Gasteiger partial charge in [-0.05, 0) is 106 Å². The van der Waals surface area contributed by atoms with Gasteiger partial charge in [0, 0.05) is 33.2 Å². The molecular formula is C35H53N5O7. The molecule has 8 N–H and O–H groups in total. The normalized spacial score (nSPS) is 18.8. The van der Waals surface area contributed by atoms with Crippen LogP contribution in [0.4, 0.5) is 5.69 Å². The number of carbonyl (C=O) groups is 1. The molecule has 1 aliphatic rings. The molecule has 0 aromatic heterocycles. The first-order valence-corrected chi connectivity index (χ1v) is 16.3. The second-order valence-corrected chi connectivity index (χ2v) is 12.2. The quantitative estimate of drug-likeness (QED) is 0.0277. The Labute approximate surface area is 278 Å². The third-order valence-electron chi connectivity index (χ3n) is 8.25. The Kier molecular flexibility index (Phi) is 15.3. The maximum absolute atomic E-state index is 12.5. The summed E-state index contributed by atoms with van der Waals surface area (Å²) in [5.41, 5.74) is 7.66. The zero-order valence-corrected chi connectivity index (χ0v) is 28.2. The van der Waals surface area contributed by atoms with E-state index >= 15 is 0 Å². The van der Waals surface area contributed by atoms with E-state index in [-0.39, 0.29) is 23.2 Å². The van der Waals surface area contributed by atoms with Crippen molar-refractivity contribution >= 4 is 17.4 Å². The van der Waals surface area contributed by atoms with Crippen molar-refractivity contribution in [1.29, 1.82) is 0 Å². The van der Waals surface area contributed by atoms with Crippen LogP contribution < -0.4 is 31.2 Å². The Hall–Kier alpha value is -3.84. The highest BCUT2D eigenvalue weighted by Crippen LogP contribution is 2.44. The van der Waals surface area contributed by atoms with E-state index in [9.17, 15) is 20.1 Å². The lowest BCUT2D eigenvalue weighted by atomic mass is 9.97. The number of aryl methyl sites for hydroxylation is 2. The summed E-state index contributed by atoms with van der Waals surface area (Å²) in [7, 11) is 4.95. The highest BCUT2D eigenvalue weighted by molar-refractivity contribution is 5.94. The van der Waals surface area contributed by atoms with Gasteiger partial charge in [-0.2, -0.15) is 0 Å². The number of ether oxygens (including phenoxy) is 3. The number of aliphatic imine (C=N–C) groups is 1. The van der Waals surface area contributed by atoms with Crippen LogP contribution in [-0.2, 0) is 22.4 Å². The van der Waals surface area contributed by atoms with Crippen LogP contribution in [0.25, 0.3) is 0 Å². The zero-order chi connectivity index (χ0) is 34.2. The lowest BCUT2D eigenvalue weighted by molar-refractivity contribution is -0.114. The van der Waals surface area contributed by atoms with Gasteiger partial charge >= 0.3 is 0 Å². The summed E-state index contributed by atoms with van der Waals surface area (Å²) in [5, 5.41) is 39.7. The number of methoxy groups -OCH3 is 1. The number of ketones is 1. The number of rotatable bonds is 20. The predicted octanol–water partition coefficient (Wildman–Crippen LogP) is 3.63. The number of phenolic OH excluding ortho intramolecular Hbond substituents is 2. The fourth-order valence-electron chi connectivity index (χ4n) is 5.82. The lowest BCUT2D eigenvalue weighted by Crippen LogP contribution is -2.42. The monoisotopic (exact) mass is 655 g/mol. The van der Waals surface area contributed by atoms with Crippen molar-refractivity contribution < 1.29 is 34.3 Å². The van der Waals surface area contributed by atoms with E-state index in [0.717, 1.165) is 36.8 Å². The molecule has 12 nitrogen and oxygen atoms in total. The van der Waals surface area contributed by atoms with E-state index in [1.165, 1.54) is 7.11 Å². The van der Waals surface area contributed by atoms with E-state index in [1.54, 1.807) is 38.2 Å². The van der Waals surface area contributed by atoms with Gasteiger partial charge < -0.3 is 45.9 Å². The van der Waals surface area contributed by atoms with Crippen molar-refractivity contribution in [2.75, 3.05) is 52.9 Å². The Morgan fingerprint density at radius 3 is 2.70 bits per heavy atom. The van der Waals surface area contributed by atoms with Crippen LogP contribution in [0.2, 0.25) is 0 Å². The number of nitrogens with two attached hydrogens (primary N) is 1. The van der Waals surface area contributed by atoms with E-state index in [0.29, 0.717) is 75.2 Å². The van der Waals surface area contributed by atoms with Gasteiger partial charge in [0.25, 0.3) is 0 Å². The number of aliphatic hydroxyl groups excluding tert-OH is 1. The molecule has 0 radical (unpaired) electrons. The molecule has 12 heteroatoms. The van der Waals surface area contributed by atoms with Crippen LogP contribution in [0.15, 0.2) is 47.5 Å². The molecule has 0 unspecified atom stereocenters. The van der Waals surface area contributed by atoms with Gasteiger partial charge in [0.1, 0.15) is 5.60 Å². The molecule has 2 aromatic rings. The molecule has 0 heterocycles. The fraction of sp³-hybridized carbons (Fsp3) is 0.543. The number of anilines is 1. The summed E-state index contributed by atoms with van der Waals surface area (Å²) >= 11 is 0. The van der Waals surface area contributed by atoms with Crippen LogP contribution in [0.5, 0.6) is 23.0 Å². The van der Waals surface area contributed by atoms with Gasteiger partial charge in [0.05, 0.1) is 25.6 Å². The van der Waals surface area contributed by atoms with Crippen LogP contribution in [0.3, 0.4) is 0 Å². The second kappa shape index (κ2) is 19.1. The van der Waals surface area contributed by atoms with Crippen molar-refractivity contribution in [3.05, 3.63) is 53.6 Å². The molecule has 3 rings (SSSR count). The van der Waals surface area contributed by atoms with Gasteiger partial charge in [-0.1, -0.05) is 12.1 Å². The van der Waals surface area contributed by atoms with Crippen molar-refractivity contribution in [3.8, 4) is 23.0 Å². The molecule has 1 fully saturated rings. The van der Waals surface area contributed by atoms with Gasteiger partial charge in [0.15, 0.2) is 34.7 Å². The summed E-state index contributed by atoms with van der Waals surface area (Å²) in [4.78, 5) is 16.5. The van der Waals surface area contributed by atoms with Crippen molar-refractivity contribution in [1.82, 2.24) is 10.6 Å². The second-order valence-electron chi connectivity index (χ2n) is 12.2. The molecule has 2 aromatic carbocycles. The summed E-state index contributed by atoms with van der Waals surface area (Å²) in [6.07, 6.45) is 8.64. The average Bonchev–Trinajstić information content (AvgIpc) is 3.44. The first-order valence-electron chi connectivity index (χ1n) is 16.3. The highest BCUT2D eigenvalue weighted by Gasteiger charge is 2.41. The van der Waals surface area contributed by atoms with E-state index in [1.807, 2.05) is 25.3 Å². The third-order valence-corrected chi connectivity index (χ3v) is 8.25. The van der Waals surface area contributed by atoms with Crippen LogP contribution in [0, 0.1) is 5.92 Å². The zero-order valence-electron chi connectivity index (χ0n) is 28.2. The Balaban J connectivity index is 1.64. The Morgan fingerprint density at radius 2 is 1.98 bits per heavy atom. The number of nitrogens with one attached hydrogen (secondary N) is 3. The number of guanidine groups is 1. The molecule has 47 heavy (non-hydrogen) atoms. The van der Waals surface area contributed by atoms with Crippen molar-refractivity contribution in [3.63, 3.8) is 0 Å². The van der Waals surface area contributed by atoms with Crippen molar-refractivity contribution in [2.24, 2.45) is 16.6 Å². The highest BCUT2D eigenvalue weighted by atomic mass is 16.5. The molecule has 0 spiro atoms. The minimum absolute atomic E-state index is 0.00673. The standard InChI is InChI=1S/C35H53N5O7/c1-24(41)21-39-23-46-16-14-26-13-15-35(20-26,22-37-2)47-32-19-27(17-29(33(32)44)40-34(36)38-3)7-5-6-8-28(42)11-9-25-10-12-30(43)31(18-25)45-4/h6,8,10,12,17-19,24,26,37,39,41,43-44H,5,7,9,11,13-16,20-23H2,1-4H3,(H3,36,38,40)/b8-6+/t24-,26+,35+/m0/s1. The van der Waals surface area contributed by atoms with E-state index < -0.39 is 11.7 Å². The molecule has 1 saturated carbocycles. The van der Waals surface area contributed by atoms with Crippen LogP contribution in [-0.4, -0.2) is 86.4 Å². The number of phenols is 2. The maximum atomic E-state index is 12.5. The smallest absolute Gasteiger partial charge is 0.192 e. The van der Waals surface area contributed by atoms with E-state index in [2.05, 4.69) is 20.9 Å². The first kappa shape index (κ1) is 37.6. The number of hydrogen-bond donors (Lipinski definition) is 7. The number of likely N-dealkylation sites (N-methyl/N-ethyl adjacent to an activating group) is 1. The molecular weight excluding hydrogens is 602 g/mol. The van der Waals surface area contributed by atoms with Crippen LogP contribution >= 0.6 is 0 Å². The average molecular weight is 656 g/mol. The fourth-order valence-corrected chi connectivity index (χ4v) is 5.82. The number of aromatic hydroxyl groups is 2. The Bertz CT molecular complexity index is 1350. The molecule has 0 aliphatic heterocycles. The number of allylic oxidation sites excluding steroid dienone is 2. The largest absolute Gasteiger partial charge is 0.504 e. The van der Waals surface area contributed by atoms with Crippen LogP contribution in [0.1, 0.15) is 56.6 Å². The third kappa shape index (κ3) is 12.4. The number of aliphatic hydroxyl groups is 1. The van der Waals surface area contributed by atoms with Gasteiger partial charge in [-0.3, -0.25) is 15.1 Å². The van der Waals surface area contributed by atoms with Gasteiger partial charge in [-0.15, -0.1) is 0 Å². The first-order chi connectivity index (χ1) is 22.6. The molecule has 0 amide bonds. The lowest BCUT2D eigenvalue weighted by Gasteiger charge is -2.31. The molecule has 0 saturated heterocycles. The van der Waals surface area contributed by atoms with E-state index in [4.69, 9.17) is 19.9 Å². The SMILES string of the molecule is CN=C(N)Nc1cc(CC/C=C/C(=O)CCc2ccc(O)c(OC)c2)cc(O[C@]2(CNC)CC[C@H](CCOCNC[C@H](C)O)C2)c1O. The minimum Gasteiger partial charge on any atom is -0.504 e. The molecule has 0 bridgehead atoms. The molecule has 1 aliphatic carbocycles. The summed E-state index contributed by atoms with van der Waals surface area (Å²) in [6, 6.07) is 8.76. The minimum atomic E-state index is -0.504. The van der Waals surface area contributed by atoms with Crippen molar-refractivity contribution in [2.45, 2.75) is 70.0 Å². The number of nitrogens with zero attached hydrogens (tertiary/aromatic N) is 1. The summed E-state index contributed by atoms with van der Waals surface area (Å²) in [6.45, 7) is 3.85. The topological polar surface area (TPSA) is 180 Å². The number of hydrogen-bond acceptors (Lipinski definition) is 10. The summed E-state index contributed by atoms with van der Waals surface area (Å²) < 4.78 is 17.5. The predicted molar refractivity (Wildman–Crippen MR) is 184 cm³/mol. The van der Waals surface area contributed by atoms with Gasteiger partial charge in [0.2, 0.25) is 0 Å². The summed E-state index contributed by atoms with van der Waals surface area (Å²) in [5.74, 6) is 1.36. The maximum Gasteiger partial charge on any atom is 0.192 e. The molecule has 260 valence electrons. The van der Waals surface area contributed by atoms with Gasteiger partial charge in [-0.25, -0.2) is 0 Å². The number of carbonyl (C=O) groups excluding carboxylic acids is 1. The Morgan fingerprint density at radius 1 is 1.19 bits per heavy atom.